The number of aliphatic carboxylic acids is 1. The Morgan fingerprint density at radius 3 is 2.74 bits per heavy atom. The lowest BCUT2D eigenvalue weighted by atomic mass is 10.2. The Morgan fingerprint density at radius 2 is 2.26 bits per heavy atom. The standard InChI is InChI=1S/C11H18N4O4/c1-14(6-8-5-12-15(2)7-8)11(19)13-9(3-4-16)10(17)18/h5,7,9,16H,3-4,6H2,1-2H3,(H,13,19)(H,17,18)/t9-/m0/s1. The van der Waals surface area contributed by atoms with Crippen molar-refractivity contribution in [3.63, 3.8) is 0 Å². The Kier molecular flexibility index (Phi) is 5.31. The van der Waals surface area contributed by atoms with Crippen LogP contribution in [0.2, 0.25) is 0 Å². The smallest absolute Gasteiger partial charge is 0.326 e. The molecule has 0 spiro atoms. The Hall–Kier alpha value is -2.09. The number of aliphatic hydroxyl groups excluding tert-OH is 1. The van der Waals surface area contributed by atoms with Crippen molar-refractivity contribution in [2.45, 2.75) is 19.0 Å². The molecule has 1 aromatic heterocycles. The van der Waals surface area contributed by atoms with Gasteiger partial charge in [0.2, 0.25) is 0 Å². The van der Waals surface area contributed by atoms with Crippen LogP contribution >= 0.6 is 0 Å². The van der Waals surface area contributed by atoms with Crippen molar-refractivity contribution in [2.24, 2.45) is 7.05 Å². The second-order valence-electron chi connectivity index (χ2n) is 4.23. The molecule has 3 N–H and O–H groups in total. The van der Waals surface area contributed by atoms with Crippen LogP contribution in [0.1, 0.15) is 12.0 Å². The van der Waals surface area contributed by atoms with Crippen molar-refractivity contribution in [1.82, 2.24) is 20.0 Å². The van der Waals surface area contributed by atoms with E-state index in [1.54, 1.807) is 31.2 Å². The highest BCUT2D eigenvalue weighted by Crippen LogP contribution is 2.02. The average molecular weight is 270 g/mol. The molecule has 1 heterocycles. The van der Waals surface area contributed by atoms with Gasteiger partial charge in [-0.2, -0.15) is 5.10 Å². The van der Waals surface area contributed by atoms with E-state index in [-0.39, 0.29) is 13.0 Å². The molecule has 1 rings (SSSR count). The number of aliphatic hydroxyl groups is 1. The van der Waals surface area contributed by atoms with Gasteiger partial charge in [-0.3, -0.25) is 4.68 Å². The molecule has 1 atom stereocenters. The molecule has 8 heteroatoms. The van der Waals surface area contributed by atoms with Gasteiger partial charge in [0, 0.05) is 38.9 Å². The summed E-state index contributed by atoms with van der Waals surface area (Å²) in [7, 11) is 3.32. The summed E-state index contributed by atoms with van der Waals surface area (Å²) in [5.74, 6) is -1.17. The van der Waals surface area contributed by atoms with Crippen LogP contribution in [0, 0.1) is 0 Å². The number of hydrogen-bond acceptors (Lipinski definition) is 4. The molecule has 0 unspecified atom stereocenters. The van der Waals surface area contributed by atoms with E-state index in [0.717, 1.165) is 5.56 Å². The zero-order valence-corrected chi connectivity index (χ0v) is 10.9. The van der Waals surface area contributed by atoms with Crippen molar-refractivity contribution < 1.29 is 19.8 Å². The van der Waals surface area contributed by atoms with Gasteiger partial charge >= 0.3 is 12.0 Å². The number of aryl methyl sites for hydroxylation is 1. The summed E-state index contributed by atoms with van der Waals surface area (Å²) in [5.41, 5.74) is 0.842. The molecule has 0 aliphatic heterocycles. The van der Waals surface area contributed by atoms with Gasteiger partial charge in [-0.25, -0.2) is 9.59 Å². The molecule has 1 aromatic rings. The van der Waals surface area contributed by atoms with Gasteiger partial charge in [0.1, 0.15) is 6.04 Å². The minimum absolute atomic E-state index is 0.0260. The quantitative estimate of drug-likeness (QED) is 0.639. The van der Waals surface area contributed by atoms with Crippen molar-refractivity contribution in [3.8, 4) is 0 Å². The molecular formula is C11H18N4O4. The minimum atomic E-state index is -1.17. The van der Waals surface area contributed by atoms with E-state index < -0.39 is 18.0 Å². The molecule has 19 heavy (non-hydrogen) atoms. The van der Waals surface area contributed by atoms with Gasteiger partial charge in [0.25, 0.3) is 0 Å². The van der Waals surface area contributed by atoms with Gasteiger partial charge in [-0.15, -0.1) is 0 Å². The maximum absolute atomic E-state index is 11.8. The third kappa shape index (κ3) is 4.59. The predicted octanol–water partition coefficient (Wildman–Crippen LogP) is -0.603. The topological polar surface area (TPSA) is 108 Å². The van der Waals surface area contributed by atoms with E-state index in [0.29, 0.717) is 6.54 Å². The van der Waals surface area contributed by atoms with Crippen LogP contribution in [0.4, 0.5) is 4.79 Å². The minimum Gasteiger partial charge on any atom is -0.480 e. The first-order chi connectivity index (χ1) is 8.93. The monoisotopic (exact) mass is 270 g/mol. The molecule has 0 fully saturated rings. The largest absolute Gasteiger partial charge is 0.480 e. The first kappa shape index (κ1) is 15.0. The number of carboxylic acids is 1. The second-order valence-corrected chi connectivity index (χ2v) is 4.23. The van der Waals surface area contributed by atoms with Gasteiger partial charge in [-0.05, 0) is 0 Å². The van der Waals surface area contributed by atoms with E-state index in [1.807, 2.05) is 0 Å². The summed E-state index contributed by atoms with van der Waals surface area (Å²) in [4.78, 5) is 24.0. The Morgan fingerprint density at radius 1 is 1.58 bits per heavy atom. The number of nitrogens with one attached hydrogen (secondary N) is 1. The fourth-order valence-corrected chi connectivity index (χ4v) is 1.54. The molecular weight excluding hydrogens is 252 g/mol. The first-order valence-electron chi connectivity index (χ1n) is 5.77. The lowest BCUT2D eigenvalue weighted by Gasteiger charge is -2.20. The SMILES string of the molecule is CN(Cc1cnn(C)c1)C(=O)N[C@@H](CCO)C(=O)O. The maximum atomic E-state index is 11.8. The fraction of sp³-hybridized carbons (Fsp3) is 0.545. The maximum Gasteiger partial charge on any atom is 0.326 e. The van der Waals surface area contributed by atoms with Crippen molar-refractivity contribution in [1.29, 1.82) is 0 Å². The lowest BCUT2D eigenvalue weighted by molar-refractivity contribution is -0.139. The summed E-state index contributed by atoms with van der Waals surface area (Å²) in [6.07, 6.45) is 3.38. The summed E-state index contributed by atoms with van der Waals surface area (Å²) in [6, 6.07) is -1.60. The number of carbonyl (C=O) groups is 2. The third-order valence-corrected chi connectivity index (χ3v) is 2.54. The molecule has 0 saturated carbocycles. The van der Waals surface area contributed by atoms with Crippen molar-refractivity contribution in [3.05, 3.63) is 18.0 Å². The van der Waals surface area contributed by atoms with E-state index in [1.165, 1.54) is 4.90 Å². The fourth-order valence-electron chi connectivity index (χ4n) is 1.54. The number of carboxylic acid groups (broad SMARTS) is 1. The molecule has 0 saturated heterocycles. The number of amides is 2. The van der Waals surface area contributed by atoms with Crippen molar-refractivity contribution in [2.75, 3.05) is 13.7 Å². The van der Waals surface area contributed by atoms with Gasteiger partial charge in [0.15, 0.2) is 0 Å². The zero-order valence-electron chi connectivity index (χ0n) is 10.9. The number of carbonyl (C=O) groups excluding carboxylic acids is 1. The van der Waals surface area contributed by atoms with Crippen LogP contribution in [0.5, 0.6) is 0 Å². The predicted molar refractivity (Wildman–Crippen MR) is 66.3 cm³/mol. The number of hydrogen-bond donors (Lipinski definition) is 3. The van der Waals surface area contributed by atoms with Crippen LogP contribution in [-0.4, -0.2) is 56.6 Å². The van der Waals surface area contributed by atoms with Crippen LogP contribution in [0.25, 0.3) is 0 Å². The highest BCUT2D eigenvalue weighted by Gasteiger charge is 2.21. The zero-order chi connectivity index (χ0) is 14.4. The van der Waals surface area contributed by atoms with Crippen LogP contribution in [0.3, 0.4) is 0 Å². The number of nitrogens with zero attached hydrogens (tertiary/aromatic N) is 3. The molecule has 0 aromatic carbocycles. The molecule has 0 aliphatic carbocycles. The highest BCUT2D eigenvalue weighted by atomic mass is 16.4. The van der Waals surface area contributed by atoms with Crippen LogP contribution in [-0.2, 0) is 18.4 Å². The molecule has 0 aliphatic rings. The normalized spacial score (nSPS) is 11.9. The lowest BCUT2D eigenvalue weighted by Crippen LogP contribution is -2.46. The van der Waals surface area contributed by atoms with Crippen LogP contribution in [0.15, 0.2) is 12.4 Å². The average Bonchev–Trinajstić information content (AvgIpc) is 2.73. The summed E-state index contributed by atoms with van der Waals surface area (Å²) in [6.45, 7) is 0.0225. The number of rotatable bonds is 6. The van der Waals surface area contributed by atoms with E-state index >= 15 is 0 Å². The third-order valence-electron chi connectivity index (χ3n) is 2.54. The molecule has 2 amide bonds. The number of aromatic nitrogens is 2. The van der Waals surface area contributed by atoms with Gasteiger partial charge < -0.3 is 20.4 Å². The van der Waals surface area contributed by atoms with E-state index in [2.05, 4.69) is 10.4 Å². The van der Waals surface area contributed by atoms with Crippen molar-refractivity contribution >= 4 is 12.0 Å². The Balaban J connectivity index is 2.54. The van der Waals surface area contributed by atoms with E-state index in [9.17, 15) is 9.59 Å². The van der Waals surface area contributed by atoms with Gasteiger partial charge in [0.05, 0.1) is 12.7 Å². The summed E-state index contributed by atoms with van der Waals surface area (Å²) in [5, 5.41) is 23.9. The first-order valence-corrected chi connectivity index (χ1v) is 5.77. The Labute approximate surface area is 110 Å². The van der Waals surface area contributed by atoms with Crippen LogP contribution < -0.4 is 5.32 Å². The second kappa shape index (κ2) is 6.74. The van der Waals surface area contributed by atoms with Gasteiger partial charge in [-0.1, -0.05) is 0 Å². The molecule has 8 nitrogen and oxygen atoms in total. The summed E-state index contributed by atoms with van der Waals surface area (Å²) < 4.78 is 1.62. The summed E-state index contributed by atoms with van der Waals surface area (Å²) >= 11 is 0. The molecule has 106 valence electrons. The Bertz CT molecular complexity index is 446. The number of urea groups is 1. The highest BCUT2D eigenvalue weighted by molar-refractivity contribution is 5.82. The molecule has 0 bridgehead atoms. The van der Waals surface area contributed by atoms with E-state index in [4.69, 9.17) is 10.2 Å². The molecule has 0 radical (unpaired) electrons.